The molecule has 10 heteroatoms. The SMILES string of the molecule is CC(C(=O)NC1CCCC1)N(Cc1ccccc1)C(=O)CN(c1cccc(Cl)c1)S(=O)(=O)c1ccc(Cl)cc1. The fourth-order valence-corrected chi connectivity index (χ4v) is 6.36. The summed E-state index contributed by atoms with van der Waals surface area (Å²) in [6.45, 7) is 1.28. The highest BCUT2D eigenvalue weighted by molar-refractivity contribution is 7.92. The molecule has 3 aromatic carbocycles. The molecule has 0 bridgehead atoms. The van der Waals surface area contributed by atoms with Crippen molar-refractivity contribution in [2.24, 2.45) is 0 Å². The lowest BCUT2D eigenvalue weighted by Gasteiger charge is -2.32. The lowest BCUT2D eigenvalue weighted by Crippen LogP contribution is -2.52. The molecular formula is C29H31Cl2N3O4S. The summed E-state index contributed by atoms with van der Waals surface area (Å²) in [7, 11) is -4.19. The highest BCUT2D eigenvalue weighted by Crippen LogP contribution is 2.27. The first-order valence-electron chi connectivity index (χ1n) is 12.8. The average molecular weight is 589 g/mol. The molecule has 1 unspecified atom stereocenters. The zero-order valence-electron chi connectivity index (χ0n) is 21.6. The van der Waals surface area contributed by atoms with Gasteiger partial charge in [0.25, 0.3) is 10.0 Å². The number of benzene rings is 3. The molecule has 1 aliphatic carbocycles. The number of carbonyl (C=O) groups is 2. The van der Waals surface area contributed by atoms with Crippen LogP contribution in [-0.4, -0.2) is 43.8 Å². The maximum Gasteiger partial charge on any atom is 0.264 e. The van der Waals surface area contributed by atoms with Crippen molar-refractivity contribution < 1.29 is 18.0 Å². The van der Waals surface area contributed by atoms with Crippen LogP contribution in [0.1, 0.15) is 38.2 Å². The van der Waals surface area contributed by atoms with Gasteiger partial charge in [0.2, 0.25) is 11.8 Å². The molecule has 1 N–H and O–H groups in total. The largest absolute Gasteiger partial charge is 0.352 e. The second-order valence-corrected chi connectivity index (χ2v) is 12.4. The molecule has 0 spiro atoms. The van der Waals surface area contributed by atoms with Crippen LogP contribution in [0.2, 0.25) is 10.0 Å². The van der Waals surface area contributed by atoms with Crippen molar-refractivity contribution in [2.45, 2.75) is 56.1 Å². The highest BCUT2D eigenvalue weighted by Gasteiger charge is 2.33. The molecule has 0 heterocycles. The maximum absolute atomic E-state index is 13.9. The monoisotopic (exact) mass is 587 g/mol. The van der Waals surface area contributed by atoms with E-state index in [1.165, 1.54) is 35.2 Å². The Morgan fingerprint density at radius 2 is 1.59 bits per heavy atom. The number of hydrogen-bond acceptors (Lipinski definition) is 4. The second-order valence-electron chi connectivity index (χ2n) is 9.62. The number of hydrogen-bond donors (Lipinski definition) is 1. The van der Waals surface area contributed by atoms with Crippen molar-refractivity contribution in [3.63, 3.8) is 0 Å². The minimum atomic E-state index is -4.19. The number of carbonyl (C=O) groups excluding carboxylic acids is 2. The zero-order chi connectivity index (χ0) is 28.0. The summed E-state index contributed by atoms with van der Waals surface area (Å²) in [5.41, 5.74) is 1.05. The first kappa shape index (κ1) is 28.9. The summed E-state index contributed by atoms with van der Waals surface area (Å²) in [6.07, 6.45) is 3.94. The normalized spacial score (nSPS) is 14.5. The van der Waals surface area contributed by atoms with Gasteiger partial charge in [-0.1, -0.05) is 72.4 Å². The minimum Gasteiger partial charge on any atom is -0.352 e. The summed E-state index contributed by atoms with van der Waals surface area (Å²) >= 11 is 12.2. The Morgan fingerprint density at radius 3 is 2.23 bits per heavy atom. The van der Waals surface area contributed by atoms with E-state index in [1.807, 2.05) is 30.3 Å². The fourth-order valence-electron chi connectivity index (χ4n) is 4.65. The van der Waals surface area contributed by atoms with Crippen LogP contribution in [0.15, 0.2) is 83.8 Å². The van der Waals surface area contributed by atoms with E-state index in [4.69, 9.17) is 23.2 Å². The van der Waals surface area contributed by atoms with E-state index in [0.29, 0.717) is 10.0 Å². The van der Waals surface area contributed by atoms with Crippen molar-refractivity contribution in [1.29, 1.82) is 0 Å². The number of nitrogens with one attached hydrogen (secondary N) is 1. The molecule has 2 amide bonds. The fraction of sp³-hybridized carbons (Fsp3) is 0.310. The molecule has 1 saturated carbocycles. The molecular weight excluding hydrogens is 557 g/mol. The van der Waals surface area contributed by atoms with Gasteiger partial charge in [0, 0.05) is 22.6 Å². The molecule has 1 aliphatic rings. The number of anilines is 1. The summed E-state index contributed by atoms with van der Waals surface area (Å²) < 4.78 is 28.6. The van der Waals surface area contributed by atoms with Gasteiger partial charge in [0.1, 0.15) is 12.6 Å². The minimum absolute atomic E-state index is 0.0266. The van der Waals surface area contributed by atoms with E-state index in [9.17, 15) is 18.0 Å². The third kappa shape index (κ3) is 7.32. The van der Waals surface area contributed by atoms with E-state index < -0.39 is 28.5 Å². The second kappa shape index (κ2) is 12.9. The third-order valence-electron chi connectivity index (χ3n) is 6.84. The first-order chi connectivity index (χ1) is 18.6. The number of sulfonamides is 1. The van der Waals surface area contributed by atoms with Gasteiger partial charge < -0.3 is 10.2 Å². The van der Waals surface area contributed by atoms with E-state index in [0.717, 1.165) is 35.6 Å². The maximum atomic E-state index is 13.9. The van der Waals surface area contributed by atoms with E-state index >= 15 is 0 Å². The van der Waals surface area contributed by atoms with Crippen molar-refractivity contribution in [1.82, 2.24) is 10.2 Å². The number of rotatable bonds is 10. The molecule has 0 aromatic heterocycles. The smallest absolute Gasteiger partial charge is 0.264 e. The lowest BCUT2D eigenvalue weighted by atomic mass is 10.1. The first-order valence-corrected chi connectivity index (χ1v) is 15.0. The summed E-state index contributed by atoms with van der Waals surface area (Å²) in [5.74, 6) is -0.786. The van der Waals surface area contributed by atoms with Gasteiger partial charge in [-0.05, 0) is 67.8 Å². The van der Waals surface area contributed by atoms with Gasteiger partial charge in [-0.15, -0.1) is 0 Å². The van der Waals surface area contributed by atoms with E-state index in [-0.39, 0.29) is 29.1 Å². The summed E-state index contributed by atoms with van der Waals surface area (Å²) in [5, 5.41) is 3.76. The predicted molar refractivity (Wildman–Crippen MR) is 154 cm³/mol. The van der Waals surface area contributed by atoms with Crippen LogP contribution >= 0.6 is 23.2 Å². The molecule has 4 rings (SSSR count). The Hall–Kier alpha value is -3.07. The molecule has 206 valence electrons. The van der Waals surface area contributed by atoms with Gasteiger partial charge in [0.15, 0.2) is 0 Å². The number of halogens is 2. The third-order valence-corrected chi connectivity index (χ3v) is 9.12. The summed E-state index contributed by atoms with van der Waals surface area (Å²) in [4.78, 5) is 28.5. The van der Waals surface area contributed by atoms with Crippen molar-refractivity contribution >= 4 is 50.7 Å². The van der Waals surface area contributed by atoms with Crippen molar-refractivity contribution in [3.8, 4) is 0 Å². The highest BCUT2D eigenvalue weighted by atomic mass is 35.5. The quantitative estimate of drug-likeness (QED) is 0.331. The van der Waals surface area contributed by atoms with Crippen molar-refractivity contribution in [3.05, 3.63) is 94.5 Å². The van der Waals surface area contributed by atoms with Crippen LogP contribution in [0.5, 0.6) is 0 Å². The molecule has 1 atom stereocenters. The Bertz CT molecular complexity index is 1400. The molecule has 39 heavy (non-hydrogen) atoms. The average Bonchev–Trinajstić information content (AvgIpc) is 3.43. The molecule has 0 aliphatic heterocycles. The topological polar surface area (TPSA) is 86.8 Å². The Morgan fingerprint density at radius 1 is 0.923 bits per heavy atom. The molecule has 3 aromatic rings. The van der Waals surface area contributed by atoms with Crippen LogP contribution in [0.3, 0.4) is 0 Å². The van der Waals surface area contributed by atoms with Gasteiger partial charge in [-0.2, -0.15) is 0 Å². The molecule has 7 nitrogen and oxygen atoms in total. The van der Waals surface area contributed by atoms with Crippen LogP contribution in [-0.2, 0) is 26.2 Å². The zero-order valence-corrected chi connectivity index (χ0v) is 23.9. The molecule has 1 fully saturated rings. The van der Waals surface area contributed by atoms with Gasteiger partial charge in [-0.3, -0.25) is 13.9 Å². The van der Waals surface area contributed by atoms with Gasteiger partial charge >= 0.3 is 0 Å². The van der Waals surface area contributed by atoms with Gasteiger partial charge in [-0.25, -0.2) is 8.42 Å². The Balaban J connectivity index is 1.67. The Kier molecular flexibility index (Phi) is 9.53. The van der Waals surface area contributed by atoms with Crippen LogP contribution in [0.25, 0.3) is 0 Å². The standard InChI is InChI=1S/C29H31Cl2N3O4S/c1-21(29(36)32-25-11-5-6-12-25)33(19-22-8-3-2-4-9-22)28(35)20-34(26-13-7-10-24(31)18-26)39(37,38)27-16-14-23(30)15-17-27/h2-4,7-10,13-18,21,25H,5-6,11-12,19-20H2,1H3,(H,32,36). The van der Waals surface area contributed by atoms with E-state index in [2.05, 4.69) is 5.32 Å². The predicted octanol–water partition coefficient (Wildman–Crippen LogP) is 5.66. The lowest BCUT2D eigenvalue weighted by molar-refractivity contribution is -0.139. The molecule has 0 radical (unpaired) electrons. The Labute approximate surface area is 239 Å². The number of nitrogens with zero attached hydrogens (tertiary/aromatic N) is 2. The van der Waals surface area contributed by atoms with E-state index in [1.54, 1.807) is 25.1 Å². The molecule has 0 saturated heterocycles. The van der Waals surface area contributed by atoms with Crippen molar-refractivity contribution in [2.75, 3.05) is 10.8 Å². The van der Waals surface area contributed by atoms with Crippen LogP contribution < -0.4 is 9.62 Å². The summed E-state index contributed by atoms with van der Waals surface area (Å²) in [6, 6.07) is 20.6. The van der Waals surface area contributed by atoms with Gasteiger partial charge in [0.05, 0.1) is 10.6 Å². The van der Waals surface area contributed by atoms with Crippen LogP contribution in [0.4, 0.5) is 5.69 Å². The number of amides is 2. The van der Waals surface area contributed by atoms with Crippen LogP contribution in [0, 0.1) is 0 Å².